The third-order valence-corrected chi connectivity index (χ3v) is 5.70. The molecule has 1 aromatic heterocycles. The highest BCUT2D eigenvalue weighted by atomic mass is 16.5. The lowest BCUT2D eigenvalue weighted by molar-refractivity contribution is -0.151. The summed E-state index contributed by atoms with van der Waals surface area (Å²) in [5.74, 6) is -0.627. The molecule has 0 saturated carbocycles. The zero-order valence-corrected chi connectivity index (χ0v) is 16.8. The average molecular weight is 384 g/mol. The number of H-pyrrole nitrogens is 1. The number of amides is 1. The Labute approximate surface area is 165 Å². The van der Waals surface area contributed by atoms with Gasteiger partial charge in [0.05, 0.1) is 17.8 Å². The largest absolute Gasteiger partial charge is 0.449 e. The number of fused-ring (bicyclic) bond motifs is 3. The van der Waals surface area contributed by atoms with Gasteiger partial charge in [-0.2, -0.15) is 0 Å². The number of hydrogen-bond donors (Lipinski definition) is 1. The third kappa shape index (κ3) is 3.65. The minimum atomic E-state index is -0.819. The first-order chi connectivity index (χ1) is 13.4. The van der Waals surface area contributed by atoms with Crippen LogP contribution in [0.4, 0.5) is 0 Å². The Morgan fingerprint density at radius 3 is 2.64 bits per heavy atom. The summed E-state index contributed by atoms with van der Waals surface area (Å²) < 4.78 is 11.2. The van der Waals surface area contributed by atoms with E-state index in [1.54, 1.807) is 17.9 Å². The molecule has 0 bridgehead atoms. The van der Waals surface area contributed by atoms with E-state index in [0.29, 0.717) is 18.7 Å². The zero-order valence-electron chi connectivity index (χ0n) is 16.8. The molecule has 1 amide bonds. The second-order valence-electron chi connectivity index (χ2n) is 8.10. The molecular weight excluding hydrogens is 356 g/mol. The van der Waals surface area contributed by atoms with Crippen molar-refractivity contribution in [2.45, 2.75) is 64.8 Å². The molecule has 150 valence electrons. The first kappa shape index (κ1) is 19.0. The Bertz CT molecular complexity index is 893. The fourth-order valence-electron chi connectivity index (χ4n) is 4.43. The molecule has 6 heteroatoms. The van der Waals surface area contributed by atoms with Crippen LogP contribution in [0.1, 0.15) is 55.2 Å². The fraction of sp³-hybridized carbons (Fsp3) is 0.545. The van der Waals surface area contributed by atoms with Gasteiger partial charge in [0.25, 0.3) is 5.91 Å². The van der Waals surface area contributed by atoms with Crippen molar-refractivity contribution in [2.24, 2.45) is 0 Å². The summed E-state index contributed by atoms with van der Waals surface area (Å²) in [5, 5.41) is 1.10. The number of nitrogens with zero attached hydrogens (tertiary/aromatic N) is 1. The number of morpholine rings is 1. The summed E-state index contributed by atoms with van der Waals surface area (Å²) in [5.41, 5.74) is 4.15. The standard InChI is InChI=1S/C22H28N2O4/c1-13-11-24(12-14(2)27-13)21(25)15(3)28-22(26)16-8-9-20-18(10-16)17-6-4-5-7-19(17)23-20/h8-10,13-15,23H,4-7,11-12H2,1-3H3/t13-,14+,15-/m1/s1. The van der Waals surface area contributed by atoms with Crippen molar-refractivity contribution in [3.05, 3.63) is 35.0 Å². The van der Waals surface area contributed by atoms with Gasteiger partial charge in [0.1, 0.15) is 0 Å². The van der Waals surface area contributed by atoms with Crippen LogP contribution in [0.2, 0.25) is 0 Å². The van der Waals surface area contributed by atoms with E-state index < -0.39 is 12.1 Å². The molecule has 1 aliphatic heterocycles. The minimum absolute atomic E-state index is 0.0159. The Kier molecular flexibility index (Phi) is 5.15. The normalized spacial score (nSPS) is 23.3. The van der Waals surface area contributed by atoms with Gasteiger partial charge < -0.3 is 19.4 Å². The van der Waals surface area contributed by atoms with Crippen LogP contribution < -0.4 is 0 Å². The summed E-state index contributed by atoms with van der Waals surface area (Å²) >= 11 is 0. The maximum atomic E-state index is 12.7. The Hall–Kier alpha value is -2.34. The van der Waals surface area contributed by atoms with Gasteiger partial charge in [-0.1, -0.05) is 0 Å². The van der Waals surface area contributed by atoms with Crippen LogP contribution in [0.5, 0.6) is 0 Å². The predicted octanol–water partition coefficient (Wildman–Crippen LogP) is 3.23. The summed E-state index contributed by atoms with van der Waals surface area (Å²) in [6, 6.07) is 5.60. The number of nitrogens with one attached hydrogen (secondary N) is 1. The smallest absolute Gasteiger partial charge is 0.338 e. The van der Waals surface area contributed by atoms with E-state index in [4.69, 9.17) is 9.47 Å². The van der Waals surface area contributed by atoms with Gasteiger partial charge in [-0.15, -0.1) is 0 Å². The van der Waals surface area contributed by atoms with E-state index in [2.05, 4.69) is 4.98 Å². The lowest BCUT2D eigenvalue weighted by Gasteiger charge is -2.36. The summed E-state index contributed by atoms with van der Waals surface area (Å²) in [4.78, 5) is 30.6. The van der Waals surface area contributed by atoms with Gasteiger partial charge in [-0.05, 0) is 70.2 Å². The number of rotatable bonds is 3. The Morgan fingerprint density at radius 2 is 1.89 bits per heavy atom. The molecule has 2 aliphatic rings. The quantitative estimate of drug-likeness (QED) is 0.825. The monoisotopic (exact) mass is 384 g/mol. The van der Waals surface area contributed by atoms with Gasteiger partial charge in [-0.25, -0.2) is 4.79 Å². The topological polar surface area (TPSA) is 71.6 Å². The number of carbonyl (C=O) groups excluding carboxylic acids is 2. The SMILES string of the molecule is C[C@@H]1CN(C(=O)[C@@H](C)OC(=O)c2ccc3[nH]c4c(c3c2)CCCC4)C[C@H](C)O1. The molecule has 2 heterocycles. The number of aromatic nitrogens is 1. The van der Waals surface area contributed by atoms with Gasteiger partial charge in [0.2, 0.25) is 0 Å². The van der Waals surface area contributed by atoms with Gasteiger partial charge in [0, 0.05) is 29.7 Å². The van der Waals surface area contributed by atoms with Crippen LogP contribution in [0.25, 0.3) is 10.9 Å². The molecule has 1 fully saturated rings. The number of aryl methyl sites for hydroxylation is 2. The van der Waals surface area contributed by atoms with E-state index in [1.807, 2.05) is 26.0 Å². The van der Waals surface area contributed by atoms with Crippen molar-refractivity contribution in [3.8, 4) is 0 Å². The van der Waals surface area contributed by atoms with Crippen LogP contribution in [-0.4, -0.2) is 53.2 Å². The molecule has 1 N–H and O–H groups in total. The van der Waals surface area contributed by atoms with Gasteiger partial charge >= 0.3 is 5.97 Å². The molecule has 1 aliphatic carbocycles. The maximum Gasteiger partial charge on any atom is 0.338 e. The second kappa shape index (κ2) is 7.59. The molecule has 0 unspecified atom stereocenters. The van der Waals surface area contributed by atoms with Crippen LogP contribution >= 0.6 is 0 Å². The summed E-state index contributed by atoms with van der Waals surface area (Å²) in [7, 11) is 0. The summed E-state index contributed by atoms with van der Waals surface area (Å²) in [6.07, 6.45) is 3.63. The molecular formula is C22H28N2O4. The fourth-order valence-corrected chi connectivity index (χ4v) is 4.43. The number of hydrogen-bond acceptors (Lipinski definition) is 4. The lowest BCUT2D eigenvalue weighted by atomic mass is 9.95. The van der Waals surface area contributed by atoms with Crippen LogP contribution in [0.15, 0.2) is 18.2 Å². The van der Waals surface area contributed by atoms with Gasteiger partial charge in [-0.3, -0.25) is 4.79 Å². The van der Waals surface area contributed by atoms with Crippen molar-refractivity contribution in [1.82, 2.24) is 9.88 Å². The Balaban J connectivity index is 1.47. The molecule has 6 nitrogen and oxygen atoms in total. The summed E-state index contributed by atoms with van der Waals surface area (Å²) in [6.45, 7) is 6.57. The lowest BCUT2D eigenvalue weighted by Crippen LogP contribution is -2.51. The van der Waals surface area contributed by atoms with E-state index >= 15 is 0 Å². The van der Waals surface area contributed by atoms with Crippen molar-refractivity contribution in [2.75, 3.05) is 13.1 Å². The first-order valence-electron chi connectivity index (χ1n) is 10.2. The van der Waals surface area contributed by atoms with Crippen molar-refractivity contribution in [1.29, 1.82) is 0 Å². The van der Waals surface area contributed by atoms with Crippen LogP contribution in [0, 0.1) is 0 Å². The number of benzene rings is 1. The van der Waals surface area contributed by atoms with Crippen molar-refractivity contribution >= 4 is 22.8 Å². The van der Waals surface area contributed by atoms with E-state index in [1.165, 1.54) is 24.1 Å². The number of ether oxygens (including phenoxy) is 2. The van der Waals surface area contributed by atoms with Crippen LogP contribution in [0.3, 0.4) is 0 Å². The molecule has 4 rings (SSSR count). The van der Waals surface area contributed by atoms with Crippen molar-refractivity contribution < 1.29 is 19.1 Å². The predicted molar refractivity (Wildman–Crippen MR) is 106 cm³/mol. The molecule has 2 aromatic rings. The molecule has 1 saturated heterocycles. The number of aromatic amines is 1. The number of carbonyl (C=O) groups is 2. The molecule has 0 radical (unpaired) electrons. The van der Waals surface area contributed by atoms with Gasteiger partial charge in [0.15, 0.2) is 6.10 Å². The third-order valence-electron chi connectivity index (χ3n) is 5.70. The second-order valence-corrected chi connectivity index (χ2v) is 8.10. The Morgan fingerprint density at radius 1 is 1.18 bits per heavy atom. The molecule has 1 aromatic carbocycles. The van der Waals surface area contributed by atoms with E-state index in [0.717, 1.165) is 23.7 Å². The average Bonchev–Trinajstić information content (AvgIpc) is 3.04. The first-order valence-corrected chi connectivity index (χ1v) is 10.2. The maximum absolute atomic E-state index is 12.7. The number of esters is 1. The molecule has 3 atom stereocenters. The van der Waals surface area contributed by atoms with Crippen LogP contribution in [-0.2, 0) is 27.1 Å². The highest BCUT2D eigenvalue weighted by Crippen LogP contribution is 2.30. The van der Waals surface area contributed by atoms with E-state index in [9.17, 15) is 9.59 Å². The molecule has 28 heavy (non-hydrogen) atoms. The zero-order chi connectivity index (χ0) is 19.8. The highest BCUT2D eigenvalue weighted by Gasteiger charge is 2.30. The molecule has 0 spiro atoms. The highest BCUT2D eigenvalue weighted by molar-refractivity contribution is 5.97. The minimum Gasteiger partial charge on any atom is -0.449 e. The van der Waals surface area contributed by atoms with E-state index in [-0.39, 0.29) is 18.1 Å². The van der Waals surface area contributed by atoms with Crippen molar-refractivity contribution in [3.63, 3.8) is 0 Å².